The Morgan fingerprint density at radius 2 is 1.17 bits per heavy atom. The molecule has 2 N–H and O–H groups in total. The summed E-state index contributed by atoms with van der Waals surface area (Å²) in [6, 6.07) is -1.34. The number of hydrogen-bond donors (Lipinski definition) is 2. The fourth-order valence-corrected chi connectivity index (χ4v) is 6.80. The minimum absolute atomic E-state index is 0.113. The Hall–Kier alpha value is -2.12. The van der Waals surface area contributed by atoms with Gasteiger partial charge in [-0.2, -0.15) is 0 Å². The normalized spacial score (nSPS) is 33.3. The zero-order valence-electron chi connectivity index (χ0n) is 18.4. The highest BCUT2D eigenvalue weighted by Crippen LogP contribution is 2.67. The Morgan fingerprint density at radius 1 is 0.800 bits per heavy atom. The molecule has 4 rings (SSSR count). The lowest BCUT2D eigenvalue weighted by molar-refractivity contribution is -0.152. The minimum Gasteiger partial charge on any atom is -0.467 e. The van der Waals surface area contributed by atoms with Crippen LogP contribution in [0.5, 0.6) is 0 Å². The minimum atomic E-state index is -0.670. The highest BCUT2D eigenvalue weighted by molar-refractivity contribution is 5.85. The lowest BCUT2D eigenvalue weighted by Crippen LogP contribution is -2.55. The number of carbonyl (C=O) groups excluding carboxylic acids is 4. The number of rotatable bonds is 8. The van der Waals surface area contributed by atoms with Crippen LogP contribution >= 0.6 is 0 Å². The third-order valence-electron chi connectivity index (χ3n) is 7.24. The number of amides is 2. The highest BCUT2D eigenvalue weighted by atomic mass is 16.5. The average molecular weight is 423 g/mol. The first-order valence-corrected chi connectivity index (χ1v) is 10.8. The number of nitrogens with one attached hydrogen (secondary N) is 2. The smallest absolute Gasteiger partial charge is 0.328 e. The van der Waals surface area contributed by atoms with E-state index in [0.29, 0.717) is 24.7 Å². The van der Waals surface area contributed by atoms with Crippen LogP contribution in [-0.4, -0.2) is 50.1 Å². The van der Waals surface area contributed by atoms with Gasteiger partial charge in [0.15, 0.2) is 0 Å². The Morgan fingerprint density at radius 3 is 1.50 bits per heavy atom. The molecule has 4 bridgehead atoms. The third kappa shape index (κ3) is 4.78. The van der Waals surface area contributed by atoms with Crippen LogP contribution < -0.4 is 10.6 Å². The van der Waals surface area contributed by atoms with Gasteiger partial charge in [-0.05, 0) is 75.0 Å². The highest BCUT2D eigenvalue weighted by Gasteiger charge is 2.58. The molecule has 4 atom stereocenters. The number of carbonyl (C=O) groups is 4. The quantitative estimate of drug-likeness (QED) is 0.576. The molecule has 0 heterocycles. The molecule has 4 fully saturated rings. The van der Waals surface area contributed by atoms with Crippen LogP contribution in [0, 0.1) is 22.7 Å². The van der Waals surface area contributed by atoms with Gasteiger partial charge in [-0.15, -0.1) is 0 Å². The summed E-state index contributed by atoms with van der Waals surface area (Å²) in [4.78, 5) is 48.6. The van der Waals surface area contributed by atoms with Gasteiger partial charge >= 0.3 is 11.9 Å². The summed E-state index contributed by atoms with van der Waals surface area (Å²) >= 11 is 0. The summed E-state index contributed by atoms with van der Waals surface area (Å²) in [5.41, 5.74) is -0.226. The van der Waals surface area contributed by atoms with E-state index in [0.717, 1.165) is 32.1 Å². The number of esters is 2. The van der Waals surface area contributed by atoms with Crippen molar-refractivity contribution in [2.24, 2.45) is 22.7 Å². The van der Waals surface area contributed by atoms with Gasteiger partial charge in [0.2, 0.25) is 11.8 Å². The Bertz CT molecular complexity index is 650. The van der Waals surface area contributed by atoms with Gasteiger partial charge in [0.1, 0.15) is 12.1 Å². The molecule has 0 spiro atoms. The first-order chi connectivity index (χ1) is 14.1. The monoisotopic (exact) mass is 422 g/mol. The lowest BCUT2D eigenvalue weighted by atomic mass is 9.43. The second kappa shape index (κ2) is 8.55. The molecule has 2 amide bonds. The molecule has 2 unspecified atom stereocenters. The average Bonchev–Trinajstić information content (AvgIpc) is 2.64. The van der Waals surface area contributed by atoms with Crippen molar-refractivity contribution in [3.05, 3.63) is 0 Å². The molecule has 168 valence electrons. The molecule has 0 aromatic heterocycles. The molecule has 30 heavy (non-hydrogen) atoms. The fraction of sp³-hybridized carbons (Fsp3) is 0.818. The SMILES string of the molecule is COC(=O)[C@H](C)NC(=O)CC12CC3CC(C1)CC(CC(=O)N[C@H](C)C(=O)OC)(C3)C2. The Labute approximate surface area is 177 Å². The van der Waals surface area contributed by atoms with Crippen molar-refractivity contribution in [2.45, 2.75) is 77.3 Å². The first kappa shape index (κ1) is 22.6. The molecule has 0 radical (unpaired) electrons. The molecule has 8 nitrogen and oxygen atoms in total. The second-order valence-corrected chi connectivity index (χ2v) is 9.94. The van der Waals surface area contributed by atoms with Crippen molar-refractivity contribution in [3.8, 4) is 0 Å². The van der Waals surface area contributed by atoms with Crippen molar-refractivity contribution in [1.29, 1.82) is 0 Å². The van der Waals surface area contributed by atoms with E-state index in [2.05, 4.69) is 10.6 Å². The van der Waals surface area contributed by atoms with Crippen LogP contribution in [0.25, 0.3) is 0 Å². The van der Waals surface area contributed by atoms with Crippen LogP contribution in [0.2, 0.25) is 0 Å². The third-order valence-corrected chi connectivity index (χ3v) is 7.24. The van der Waals surface area contributed by atoms with E-state index in [1.54, 1.807) is 13.8 Å². The fourth-order valence-electron chi connectivity index (χ4n) is 6.80. The van der Waals surface area contributed by atoms with Crippen LogP contribution in [0.4, 0.5) is 0 Å². The van der Waals surface area contributed by atoms with Crippen LogP contribution in [-0.2, 0) is 28.7 Å². The van der Waals surface area contributed by atoms with Crippen molar-refractivity contribution in [3.63, 3.8) is 0 Å². The molecule has 4 aliphatic rings. The van der Waals surface area contributed by atoms with E-state index in [1.807, 2.05) is 0 Å². The molecule has 4 aliphatic carbocycles. The van der Waals surface area contributed by atoms with E-state index >= 15 is 0 Å². The predicted octanol–water partition coefficient (Wildman–Crippen LogP) is 1.71. The molecule has 0 aromatic rings. The maximum Gasteiger partial charge on any atom is 0.328 e. The van der Waals surface area contributed by atoms with Crippen molar-refractivity contribution in [2.75, 3.05) is 14.2 Å². The first-order valence-electron chi connectivity index (χ1n) is 10.8. The summed E-state index contributed by atoms with van der Waals surface area (Å²) in [5.74, 6) is -0.114. The molecular formula is C22H34N2O6. The van der Waals surface area contributed by atoms with Gasteiger partial charge in [0.25, 0.3) is 0 Å². The van der Waals surface area contributed by atoms with E-state index in [1.165, 1.54) is 20.6 Å². The van der Waals surface area contributed by atoms with E-state index in [-0.39, 0.29) is 22.6 Å². The summed E-state index contributed by atoms with van der Waals surface area (Å²) in [6.07, 6.45) is 6.79. The largest absolute Gasteiger partial charge is 0.467 e. The lowest BCUT2D eigenvalue weighted by Gasteiger charge is -2.62. The summed E-state index contributed by atoms with van der Waals surface area (Å²) < 4.78 is 9.38. The Kier molecular flexibility index (Phi) is 6.43. The summed E-state index contributed by atoms with van der Waals surface area (Å²) in [5, 5.41) is 5.52. The molecule has 4 saturated carbocycles. The molecule has 0 aliphatic heterocycles. The van der Waals surface area contributed by atoms with Gasteiger partial charge < -0.3 is 20.1 Å². The Balaban J connectivity index is 1.66. The number of methoxy groups -OCH3 is 2. The van der Waals surface area contributed by atoms with Crippen LogP contribution in [0.3, 0.4) is 0 Å². The van der Waals surface area contributed by atoms with Gasteiger partial charge in [-0.25, -0.2) is 9.59 Å². The van der Waals surface area contributed by atoms with Crippen molar-refractivity contribution in [1.82, 2.24) is 10.6 Å². The van der Waals surface area contributed by atoms with Crippen LogP contribution in [0.15, 0.2) is 0 Å². The maximum absolute atomic E-state index is 12.7. The van der Waals surface area contributed by atoms with Gasteiger partial charge in [-0.1, -0.05) is 0 Å². The zero-order chi connectivity index (χ0) is 22.1. The topological polar surface area (TPSA) is 111 Å². The van der Waals surface area contributed by atoms with E-state index in [4.69, 9.17) is 9.47 Å². The number of hydrogen-bond acceptors (Lipinski definition) is 6. The molecular weight excluding hydrogens is 388 g/mol. The molecule has 8 heteroatoms. The van der Waals surface area contributed by atoms with Crippen LogP contribution in [0.1, 0.15) is 65.2 Å². The predicted molar refractivity (Wildman–Crippen MR) is 108 cm³/mol. The standard InChI is InChI=1S/C22H34N2O6/c1-13(19(27)29-3)23-17(25)10-21-6-15-5-16(7-21)9-22(8-15,12-21)11-18(26)24-14(2)20(28)30-4/h13-16H,5-12H2,1-4H3,(H,23,25)(H,24,26)/t13-,14+,15?,16?,21?,22?. The zero-order valence-corrected chi connectivity index (χ0v) is 18.4. The second-order valence-electron chi connectivity index (χ2n) is 9.94. The van der Waals surface area contributed by atoms with E-state index < -0.39 is 24.0 Å². The number of ether oxygens (including phenoxy) is 2. The molecule has 0 aromatic carbocycles. The van der Waals surface area contributed by atoms with Gasteiger partial charge in [0, 0.05) is 12.8 Å². The van der Waals surface area contributed by atoms with Crippen molar-refractivity contribution >= 4 is 23.8 Å². The molecule has 0 saturated heterocycles. The van der Waals surface area contributed by atoms with Gasteiger partial charge in [0.05, 0.1) is 14.2 Å². The maximum atomic E-state index is 12.7. The van der Waals surface area contributed by atoms with E-state index in [9.17, 15) is 19.2 Å². The summed E-state index contributed by atoms with van der Waals surface area (Å²) in [7, 11) is 2.61. The van der Waals surface area contributed by atoms with Gasteiger partial charge in [-0.3, -0.25) is 9.59 Å². The van der Waals surface area contributed by atoms with Crippen molar-refractivity contribution < 1.29 is 28.7 Å². The summed E-state index contributed by atoms with van der Waals surface area (Å²) in [6.45, 7) is 3.25.